The van der Waals surface area contributed by atoms with Gasteiger partial charge in [-0.3, -0.25) is 4.79 Å². The first-order chi connectivity index (χ1) is 17.0. The first-order valence-corrected chi connectivity index (χ1v) is 11.8. The van der Waals surface area contributed by atoms with Crippen molar-refractivity contribution in [3.63, 3.8) is 0 Å². The number of fused-ring (bicyclic) bond motifs is 1. The molecule has 2 aromatic carbocycles. The van der Waals surface area contributed by atoms with E-state index in [4.69, 9.17) is 9.84 Å². The third kappa shape index (κ3) is 4.96. The number of nitrogens with one attached hydrogen (secondary N) is 1. The quantitative estimate of drug-likeness (QED) is 0.450. The molecule has 0 spiro atoms. The molecule has 5 rings (SSSR count). The van der Waals surface area contributed by atoms with Crippen molar-refractivity contribution in [3.05, 3.63) is 77.7 Å². The van der Waals surface area contributed by atoms with Crippen LogP contribution in [0.25, 0.3) is 16.9 Å². The average molecular weight is 474 g/mol. The molecule has 4 aromatic rings. The summed E-state index contributed by atoms with van der Waals surface area (Å²) in [5.41, 5.74) is 4.25. The fraction of sp³-hybridized carbons (Fsp3) is 0.296. The van der Waals surface area contributed by atoms with Crippen LogP contribution in [0.4, 0.5) is 10.2 Å². The third-order valence-corrected chi connectivity index (χ3v) is 6.47. The van der Waals surface area contributed by atoms with Gasteiger partial charge in [-0.15, -0.1) is 0 Å². The van der Waals surface area contributed by atoms with Gasteiger partial charge in [-0.1, -0.05) is 12.1 Å². The molecule has 1 N–H and O–H groups in total. The first kappa shape index (κ1) is 22.8. The van der Waals surface area contributed by atoms with E-state index in [1.165, 1.54) is 12.1 Å². The molecule has 1 saturated heterocycles. The molecule has 1 amide bonds. The Morgan fingerprint density at radius 2 is 1.89 bits per heavy atom. The van der Waals surface area contributed by atoms with E-state index in [2.05, 4.69) is 15.2 Å². The zero-order valence-electron chi connectivity index (χ0n) is 19.9. The fourth-order valence-electron chi connectivity index (χ4n) is 4.55. The van der Waals surface area contributed by atoms with Crippen molar-refractivity contribution in [3.8, 4) is 17.0 Å². The molecule has 1 aliphatic heterocycles. The van der Waals surface area contributed by atoms with E-state index in [1.54, 1.807) is 19.2 Å². The van der Waals surface area contributed by atoms with Crippen molar-refractivity contribution in [1.82, 2.24) is 19.9 Å². The van der Waals surface area contributed by atoms with Crippen LogP contribution in [0.5, 0.6) is 5.75 Å². The second-order valence-corrected chi connectivity index (χ2v) is 8.89. The number of aromatic nitrogens is 3. The largest absolute Gasteiger partial charge is 0.497 e. The molecule has 8 heteroatoms. The van der Waals surface area contributed by atoms with Gasteiger partial charge in [0, 0.05) is 48.9 Å². The molecule has 1 fully saturated rings. The number of anilines is 1. The van der Waals surface area contributed by atoms with Crippen molar-refractivity contribution < 1.29 is 13.9 Å². The van der Waals surface area contributed by atoms with Gasteiger partial charge in [0.1, 0.15) is 17.4 Å². The van der Waals surface area contributed by atoms with Gasteiger partial charge in [-0.05, 0) is 61.7 Å². The Morgan fingerprint density at radius 1 is 1.11 bits per heavy atom. The summed E-state index contributed by atoms with van der Waals surface area (Å²) in [6, 6.07) is 18.0. The van der Waals surface area contributed by atoms with Gasteiger partial charge in [-0.2, -0.15) is 9.61 Å². The smallest absolute Gasteiger partial charge is 0.223 e. The molecule has 0 radical (unpaired) electrons. The molecule has 0 unspecified atom stereocenters. The Kier molecular flexibility index (Phi) is 6.35. The van der Waals surface area contributed by atoms with Crippen LogP contribution in [0.2, 0.25) is 0 Å². The molecule has 3 heterocycles. The highest BCUT2D eigenvalue weighted by Gasteiger charge is 2.26. The summed E-state index contributed by atoms with van der Waals surface area (Å²) in [5, 5.41) is 7.83. The Hall–Kier alpha value is -3.94. The van der Waals surface area contributed by atoms with E-state index < -0.39 is 0 Å². The van der Waals surface area contributed by atoms with Gasteiger partial charge in [0.15, 0.2) is 5.65 Å². The lowest BCUT2D eigenvalue weighted by atomic mass is 9.95. The van der Waals surface area contributed by atoms with Crippen LogP contribution < -0.4 is 15.0 Å². The number of piperidine rings is 1. The highest BCUT2D eigenvalue weighted by atomic mass is 19.1. The number of aryl methyl sites for hydroxylation is 1. The number of amides is 1. The number of carbonyl (C=O) groups is 1. The lowest BCUT2D eigenvalue weighted by molar-refractivity contribution is -0.125. The second kappa shape index (κ2) is 9.74. The summed E-state index contributed by atoms with van der Waals surface area (Å²) in [4.78, 5) is 19.7. The van der Waals surface area contributed by atoms with Crippen molar-refractivity contribution in [2.45, 2.75) is 26.3 Å². The third-order valence-electron chi connectivity index (χ3n) is 6.47. The van der Waals surface area contributed by atoms with Crippen LogP contribution in [-0.2, 0) is 11.3 Å². The second-order valence-electron chi connectivity index (χ2n) is 8.89. The van der Waals surface area contributed by atoms with Crippen molar-refractivity contribution in [2.24, 2.45) is 5.92 Å². The summed E-state index contributed by atoms with van der Waals surface area (Å²) in [6.07, 6.45) is 1.53. The summed E-state index contributed by atoms with van der Waals surface area (Å²) >= 11 is 0. The van der Waals surface area contributed by atoms with Crippen molar-refractivity contribution in [1.29, 1.82) is 0 Å². The molecule has 35 heavy (non-hydrogen) atoms. The highest BCUT2D eigenvalue weighted by Crippen LogP contribution is 2.27. The minimum atomic E-state index is -0.275. The van der Waals surface area contributed by atoms with Gasteiger partial charge in [0.05, 0.1) is 12.8 Å². The van der Waals surface area contributed by atoms with E-state index >= 15 is 0 Å². The van der Waals surface area contributed by atoms with Crippen LogP contribution in [-0.4, -0.2) is 40.7 Å². The maximum Gasteiger partial charge on any atom is 0.223 e. The highest BCUT2D eigenvalue weighted by molar-refractivity contribution is 5.79. The average Bonchev–Trinajstić information content (AvgIpc) is 3.31. The number of methoxy groups -OCH3 is 1. The van der Waals surface area contributed by atoms with Crippen LogP contribution >= 0.6 is 0 Å². The molecule has 2 aromatic heterocycles. The zero-order valence-corrected chi connectivity index (χ0v) is 19.9. The Morgan fingerprint density at radius 3 is 2.63 bits per heavy atom. The molecule has 1 aliphatic rings. The van der Waals surface area contributed by atoms with Crippen LogP contribution in [0, 0.1) is 18.7 Å². The number of carbonyl (C=O) groups excluding carboxylic acids is 1. The first-order valence-electron chi connectivity index (χ1n) is 11.8. The van der Waals surface area contributed by atoms with Gasteiger partial charge >= 0.3 is 0 Å². The molecule has 180 valence electrons. The van der Waals surface area contributed by atoms with E-state index in [-0.39, 0.29) is 17.6 Å². The number of hydrogen-bond acceptors (Lipinski definition) is 5. The predicted octanol–water partition coefficient (Wildman–Crippen LogP) is 4.39. The SMILES string of the molecule is COc1cccc(CNC(=O)C2CCN(c3cc(C)nc4cc(-c5ccc(F)cc5)nn34)CC2)c1. The van der Waals surface area contributed by atoms with Gasteiger partial charge in [0.2, 0.25) is 5.91 Å². The van der Waals surface area contributed by atoms with E-state index in [9.17, 15) is 9.18 Å². The Bertz CT molecular complexity index is 1340. The number of benzene rings is 2. The molecule has 0 aliphatic carbocycles. The van der Waals surface area contributed by atoms with Gasteiger partial charge in [0.25, 0.3) is 0 Å². The molecule has 7 nitrogen and oxygen atoms in total. The normalized spacial score (nSPS) is 14.3. The minimum absolute atomic E-state index is 0.0253. The molecular formula is C27H28FN5O2. The Balaban J connectivity index is 1.27. The Labute approximate surface area is 203 Å². The van der Waals surface area contributed by atoms with Gasteiger partial charge in [-0.25, -0.2) is 9.37 Å². The topological polar surface area (TPSA) is 71.8 Å². The van der Waals surface area contributed by atoms with E-state index in [0.717, 1.165) is 65.7 Å². The van der Waals surface area contributed by atoms with E-state index in [0.29, 0.717) is 6.54 Å². The number of ether oxygens (including phenoxy) is 1. The number of halogens is 1. The van der Waals surface area contributed by atoms with Crippen molar-refractivity contribution >= 4 is 17.4 Å². The monoisotopic (exact) mass is 473 g/mol. The summed E-state index contributed by atoms with van der Waals surface area (Å²) in [6.45, 7) is 3.95. The zero-order chi connectivity index (χ0) is 24.4. The number of nitrogens with zero attached hydrogens (tertiary/aromatic N) is 4. The number of rotatable bonds is 6. The molecule has 0 saturated carbocycles. The summed E-state index contributed by atoms with van der Waals surface area (Å²) in [7, 11) is 1.64. The van der Waals surface area contributed by atoms with Gasteiger partial charge < -0.3 is 15.0 Å². The van der Waals surface area contributed by atoms with Crippen LogP contribution in [0.1, 0.15) is 24.1 Å². The van der Waals surface area contributed by atoms with Crippen molar-refractivity contribution in [2.75, 3.05) is 25.1 Å². The lowest BCUT2D eigenvalue weighted by Gasteiger charge is -2.33. The molecular weight excluding hydrogens is 445 g/mol. The standard InChI is InChI=1S/C27H28FN5O2/c1-18-14-26(33-25(30-18)16-24(31-33)20-6-8-22(28)9-7-20)32-12-10-21(11-13-32)27(34)29-17-19-4-3-5-23(15-19)35-2/h3-9,14-16,21H,10-13,17H2,1-2H3,(H,29,34). The summed E-state index contributed by atoms with van der Waals surface area (Å²) in [5.74, 6) is 1.52. The maximum atomic E-state index is 13.3. The van der Waals surface area contributed by atoms with Crippen LogP contribution in [0.3, 0.4) is 0 Å². The fourth-order valence-corrected chi connectivity index (χ4v) is 4.55. The molecule has 0 bridgehead atoms. The van der Waals surface area contributed by atoms with E-state index in [1.807, 2.05) is 47.8 Å². The summed E-state index contributed by atoms with van der Waals surface area (Å²) < 4.78 is 20.4. The maximum absolute atomic E-state index is 13.3. The lowest BCUT2D eigenvalue weighted by Crippen LogP contribution is -2.41. The minimum Gasteiger partial charge on any atom is -0.497 e. The predicted molar refractivity (Wildman–Crippen MR) is 133 cm³/mol. The number of hydrogen-bond donors (Lipinski definition) is 1. The van der Waals surface area contributed by atoms with Crippen LogP contribution in [0.15, 0.2) is 60.7 Å². The molecule has 0 atom stereocenters.